The summed E-state index contributed by atoms with van der Waals surface area (Å²) in [5.74, 6) is 0.551. The topological polar surface area (TPSA) is 115 Å². The molecule has 0 spiro atoms. The fourth-order valence-corrected chi connectivity index (χ4v) is 1.56. The van der Waals surface area contributed by atoms with Gasteiger partial charge in [0.15, 0.2) is 17.5 Å². The molecule has 0 saturated heterocycles. The van der Waals surface area contributed by atoms with Crippen molar-refractivity contribution < 1.29 is 10.2 Å². The van der Waals surface area contributed by atoms with Gasteiger partial charge in [-0.25, -0.2) is 9.98 Å². The minimum atomic E-state index is -0.220. The summed E-state index contributed by atoms with van der Waals surface area (Å²) in [7, 11) is 0. The predicted molar refractivity (Wildman–Crippen MR) is 68.3 cm³/mol. The SMILES string of the molecule is CC1N=C(N)NC(NCc2ccc(O)c(O)c2)=N1. The third-order valence-corrected chi connectivity index (χ3v) is 2.39. The van der Waals surface area contributed by atoms with Gasteiger partial charge in [0.05, 0.1) is 0 Å². The fourth-order valence-electron chi connectivity index (χ4n) is 1.56. The minimum absolute atomic E-state index is 0.142. The van der Waals surface area contributed by atoms with Gasteiger partial charge in [-0.05, 0) is 24.6 Å². The van der Waals surface area contributed by atoms with E-state index in [0.717, 1.165) is 5.56 Å². The molecule has 18 heavy (non-hydrogen) atoms. The van der Waals surface area contributed by atoms with E-state index in [2.05, 4.69) is 20.6 Å². The highest BCUT2D eigenvalue weighted by Crippen LogP contribution is 2.24. The van der Waals surface area contributed by atoms with Crippen molar-refractivity contribution >= 4 is 11.9 Å². The van der Waals surface area contributed by atoms with Crippen LogP contribution in [0.4, 0.5) is 0 Å². The number of benzene rings is 1. The summed E-state index contributed by atoms with van der Waals surface area (Å²) in [5.41, 5.74) is 6.38. The summed E-state index contributed by atoms with van der Waals surface area (Å²) in [6.45, 7) is 2.27. The average Bonchev–Trinajstić information content (AvgIpc) is 2.29. The van der Waals surface area contributed by atoms with E-state index in [4.69, 9.17) is 5.73 Å². The van der Waals surface area contributed by atoms with Crippen LogP contribution in [0, 0.1) is 0 Å². The van der Waals surface area contributed by atoms with Crippen LogP contribution in [0.2, 0.25) is 0 Å². The van der Waals surface area contributed by atoms with E-state index in [1.54, 1.807) is 6.07 Å². The van der Waals surface area contributed by atoms with E-state index in [1.165, 1.54) is 12.1 Å². The minimum Gasteiger partial charge on any atom is -0.504 e. The molecular weight excluding hydrogens is 234 g/mol. The number of nitrogens with two attached hydrogens (primary N) is 1. The number of phenols is 2. The summed E-state index contributed by atoms with van der Waals surface area (Å²) in [5, 5.41) is 24.4. The third-order valence-electron chi connectivity index (χ3n) is 2.39. The number of rotatable bonds is 2. The zero-order chi connectivity index (χ0) is 13.1. The largest absolute Gasteiger partial charge is 0.504 e. The lowest BCUT2D eigenvalue weighted by Crippen LogP contribution is -2.47. The molecule has 0 aliphatic carbocycles. The number of phenolic OH excluding ortho intramolecular Hbond substituents is 2. The molecule has 0 bridgehead atoms. The standard InChI is InChI=1S/C11H15N5O2/c1-6-14-10(12)16-11(15-6)13-5-7-2-3-8(17)9(18)4-7/h2-4,6,17-18H,5H2,1H3,(H4,12,13,14,15,16). The Bertz CT molecular complexity index is 512. The van der Waals surface area contributed by atoms with Crippen molar-refractivity contribution in [2.45, 2.75) is 19.6 Å². The van der Waals surface area contributed by atoms with Gasteiger partial charge in [-0.1, -0.05) is 6.07 Å². The summed E-state index contributed by atoms with van der Waals surface area (Å²) >= 11 is 0. The summed E-state index contributed by atoms with van der Waals surface area (Å²) in [4.78, 5) is 8.20. The number of hydrogen-bond donors (Lipinski definition) is 5. The van der Waals surface area contributed by atoms with E-state index < -0.39 is 0 Å². The Balaban J connectivity index is 1.98. The lowest BCUT2D eigenvalue weighted by molar-refractivity contribution is 0.403. The van der Waals surface area contributed by atoms with Crippen molar-refractivity contribution in [3.8, 4) is 11.5 Å². The van der Waals surface area contributed by atoms with Crippen LogP contribution in [-0.4, -0.2) is 28.3 Å². The molecule has 0 aromatic heterocycles. The Morgan fingerprint density at radius 2 is 2.11 bits per heavy atom. The maximum Gasteiger partial charge on any atom is 0.200 e. The molecule has 96 valence electrons. The first-order valence-corrected chi connectivity index (χ1v) is 5.47. The second kappa shape index (κ2) is 4.82. The molecule has 7 heteroatoms. The fraction of sp³-hybridized carbons (Fsp3) is 0.273. The number of nitrogens with zero attached hydrogens (tertiary/aromatic N) is 2. The summed E-state index contributed by atoms with van der Waals surface area (Å²) < 4.78 is 0. The van der Waals surface area contributed by atoms with Crippen LogP contribution >= 0.6 is 0 Å². The van der Waals surface area contributed by atoms with Crippen molar-refractivity contribution in [2.24, 2.45) is 15.7 Å². The van der Waals surface area contributed by atoms with Crippen molar-refractivity contribution in [2.75, 3.05) is 0 Å². The molecule has 1 atom stereocenters. The molecule has 0 amide bonds. The number of aromatic hydroxyl groups is 2. The second-order valence-electron chi connectivity index (χ2n) is 3.93. The van der Waals surface area contributed by atoms with Crippen LogP contribution in [0.15, 0.2) is 28.2 Å². The highest BCUT2D eigenvalue weighted by molar-refractivity contribution is 5.99. The van der Waals surface area contributed by atoms with Gasteiger partial charge in [-0.3, -0.25) is 5.32 Å². The number of guanidine groups is 2. The Morgan fingerprint density at radius 1 is 1.33 bits per heavy atom. The van der Waals surface area contributed by atoms with Crippen molar-refractivity contribution in [3.05, 3.63) is 23.8 Å². The van der Waals surface area contributed by atoms with Gasteiger partial charge in [0.2, 0.25) is 5.96 Å². The lowest BCUT2D eigenvalue weighted by Gasteiger charge is -2.17. The molecule has 1 aliphatic heterocycles. The van der Waals surface area contributed by atoms with Gasteiger partial charge in [0.25, 0.3) is 0 Å². The Morgan fingerprint density at radius 3 is 2.78 bits per heavy atom. The van der Waals surface area contributed by atoms with Gasteiger partial charge in [0.1, 0.15) is 6.17 Å². The quantitative estimate of drug-likeness (QED) is 0.466. The number of nitrogens with one attached hydrogen (secondary N) is 2. The smallest absolute Gasteiger partial charge is 0.200 e. The first-order valence-electron chi connectivity index (χ1n) is 5.47. The molecular formula is C11H15N5O2. The maximum absolute atomic E-state index is 9.36. The van der Waals surface area contributed by atoms with Gasteiger partial charge >= 0.3 is 0 Å². The van der Waals surface area contributed by atoms with Gasteiger partial charge < -0.3 is 21.3 Å². The predicted octanol–water partition coefficient (Wildman–Crippen LogP) is -0.193. The first-order chi connectivity index (χ1) is 8.54. The molecule has 1 aromatic carbocycles. The normalized spacial score (nSPS) is 18.6. The number of aliphatic imine (C=N–C) groups is 2. The zero-order valence-corrected chi connectivity index (χ0v) is 9.88. The van der Waals surface area contributed by atoms with E-state index in [1.807, 2.05) is 6.92 Å². The average molecular weight is 249 g/mol. The van der Waals surface area contributed by atoms with E-state index in [9.17, 15) is 10.2 Å². The van der Waals surface area contributed by atoms with Crippen LogP contribution in [0.25, 0.3) is 0 Å². The second-order valence-corrected chi connectivity index (χ2v) is 3.93. The van der Waals surface area contributed by atoms with Crippen LogP contribution in [0.5, 0.6) is 11.5 Å². The molecule has 7 nitrogen and oxygen atoms in total. The van der Waals surface area contributed by atoms with Crippen LogP contribution in [-0.2, 0) is 6.54 Å². The first kappa shape index (κ1) is 12.0. The molecule has 1 aliphatic rings. The molecule has 6 N–H and O–H groups in total. The van der Waals surface area contributed by atoms with E-state index >= 15 is 0 Å². The molecule has 1 heterocycles. The Kier molecular flexibility index (Phi) is 3.22. The summed E-state index contributed by atoms with van der Waals surface area (Å²) in [6.07, 6.45) is -0.220. The molecule has 2 rings (SSSR count). The molecule has 0 fully saturated rings. The van der Waals surface area contributed by atoms with Gasteiger partial charge in [-0.2, -0.15) is 0 Å². The highest BCUT2D eigenvalue weighted by Gasteiger charge is 2.10. The summed E-state index contributed by atoms with van der Waals surface area (Å²) in [6, 6.07) is 4.61. The van der Waals surface area contributed by atoms with E-state index in [-0.39, 0.29) is 17.7 Å². The molecule has 1 unspecified atom stereocenters. The third kappa shape index (κ3) is 2.82. The van der Waals surface area contributed by atoms with Crippen LogP contribution < -0.4 is 16.4 Å². The maximum atomic E-state index is 9.36. The van der Waals surface area contributed by atoms with Crippen molar-refractivity contribution in [3.63, 3.8) is 0 Å². The van der Waals surface area contributed by atoms with Crippen LogP contribution in [0.3, 0.4) is 0 Å². The van der Waals surface area contributed by atoms with Gasteiger partial charge in [0, 0.05) is 6.54 Å². The Labute approximate surface area is 104 Å². The van der Waals surface area contributed by atoms with Crippen LogP contribution in [0.1, 0.15) is 12.5 Å². The van der Waals surface area contributed by atoms with Crippen molar-refractivity contribution in [1.82, 2.24) is 10.6 Å². The molecule has 0 radical (unpaired) electrons. The Hall–Kier alpha value is -2.44. The zero-order valence-electron chi connectivity index (χ0n) is 9.88. The molecule has 1 aromatic rings. The molecule has 0 saturated carbocycles. The van der Waals surface area contributed by atoms with Gasteiger partial charge in [-0.15, -0.1) is 0 Å². The monoisotopic (exact) mass is 249 g/mol. The lowest BCUT2D eigenvalue weighted by atomic mass is 10.2. The number of hydrogen-bond acceptors (Lipinski definition) is 7. The van der Waals surface area contributed by atoms with E-state index in [0.29, 0.717) is 18.5 Å². The van der Waals surface area contributed by atoms with Crippen molar-refractivity contribution in [1.29, 1.82) is 0 Å². The highest BCUT2D eigenvalue weighted by atomic mass is 16.3.